The van der Waals surface area contributed by atoms with Crippen LogP contribution in [-0.2, 0) is 18.8 Å². The van der Waals surface area contributed by atoms with Crippen LogP contribution >= 0.6 is 15.9 Å². The van der Waals surface area contributed by atoms with Crippen molar-refractivity contribution >= 4 is 74.9 Å². The third-order valence-corrected chi connectivity index (χ3v) is 14.0. The normalized spacial score (nSPS) is 15.5. The molecular weight excluding hydrogens is 1050 g/mol. The molecule has 4 aromatic carbocycles. The Balaban J connectivity index is 0.000000180. The zero-order valence-electron chi connectivity index (χ0n) is 47.6. The number of aryl methyl sites for hydroxylation is 6. The number of nitrogens with zero attached hydrogens (tertiary/aromatic N) is 6. The average Bonchev–Trinajstić information content (AvgIpc) is 4.20. The number of halogens is 1. The van der Waals surface area contributed by atoms with Crippen LogP contribution < -0.4 is 15.3 Å². The summed E-state index contributed by atoms with van der Waals surface area (Å²) in [4.78, 5) is 38.4. The average molecular weight is 1120 g/mol. The van der Waals surface area contributed by atoms with Gasteiger partial charge in [0.05, 0.1) is 47.1 Å². The fraction of sp³-hybridized carbons (Fsp3) is 0.367. The second-order valence-corrected chi connectivity index (χ2v) is 23.5. The largest absolute Gasteiger partial charge is 0.508 e. The smallest absolute Gasteiger partial charge is 0.498 e. The first-order chi connectivity index (χ1) is 36.4. The maximum atomic E-state index is 13.2. The number of carbonyl (C=O) groups excluding carboxylic acids is 2. The summed E-state index contributed by atoms with van der Waals surface area (Å²) in [6.45, 7) is 31.7. The highest BCUT2D eigenvalue weighted by Crippen LogP contribution is 2.37. The van der Waals surface area contributed by atoms with Gasteiger partial charge in [-0.2, -0.15) is 10.2 Å². The molecule has 4 N–H and O–H groups in total. The summed E-state index contributed by atoms with van der Waals surface area (Å²) < 4.78 is 24.3. The Morgan fingerprint density at radius 2 is 1.00 bits per heavy atom. The Morgan fingerprint density at radius 1 is 0.603 bits per heavy atom. The van der Waals surface area contributed by atoms with Crippen molar-refractivity contribution < 1.29 is 38.6 Å². The summed E-state index contributed by atoms with van der Waals surface area (Å²) >= 11 is 3.44. The van der Waals surface area contributed by atoms with E-state index in [2.05, 4.69) is 98.3 Å². The van der Waals surface area contributed by atoms with Gasteiger partial charge in [-0.05, 0) is 210 Å². The van der Waals surface area contributed by atoms with E-state index in [1.54, 1.807) is 36.4 Å². The van der Waals surface area contributed by atoms with Crippen LogP contribution in [0, 0.1) is 41.5 Å². The van der Waals surface area contributed by atoms with Gasteiger partial charge in [0, 0.05) is 26.9 Å². The minimum Gasteiger partial charge on any atom is -0.508 e. The molecular formula is C60H72BBrN8O8. The van der Waals surface area contributed by atoms with Crippen molar-refractivity contribution in [3.8, 4) is 22.6 Å². The predicted molar refractivity (Wildman–Crippen MR) is 315 cm³/mol. The second kappa shape index (κ2) is 23.0. The number of benzene rings is 4. The third kappa shape index (κ3) is 13.7. The molecule has 1 fully saturated rings. The molecule has 3 aliphatic rings. The molecule has 0 saturated carbocycles. The lowest BCUT2D eigenvalue weighted by Crippen LogP contribution is -2.41. The first kappa shape index (κ1) is 58.4. The molecule has 0 bridgehead atoms. The van der Waals surface area contributed by atoms with E-state index in [1.165, 1.54) is 9.80 Å². The van der Waals surface area contributed by atoms with Crippen molar-refractivity contribution in [3.63, 3.8) is 0 Å². The van der Waals surface area contributed by atoms with Gasteiger partial charge in [0.2, 0.25) is 0 Å². The van der Waals surface area contributed by atoms with Gasteiger partial charge in [0.1, 0.15) is 34.4 Å². The van der Waals surface area contributed by atoms with E-state index in [0.717, 1.165) is 77.2 Å². The fourth-order valence-corrected chi connectivity index (χ4v) is 9.10. The molecule has 3 aliphatic heterocycles. The van der Waals surface area contributed by atoms with Crippen LogP contribution in [0.3, 0.4) is 0 Å². The number of rotatable bonds is 6. The first-order valence-corrected chi connectivity index (χ1v) is 26.6. The van der Waals surface area contributed by atoms with E-state index in [9.17, 15) is 19.8 Å². The number of ether oxygens (including phenoxy) is 2. The maximum absolute atomic E-state index is 13.2. The quantitative estimate of drug-likeness (QED) is 0.116. The summed E-state index contributed by atoms with van der Waals surface area (Å²) in [6, 6.07) is 26.0. The molecule has 2 aromatic heterocycles. The first-order valence-electron chi connectivity index (χ1n) is 25.8. The molecule has 1 saturated heterocycles. The van der Waals surface area contributed by atoms with E-state index >= 15 is 0 Å². The number of nitrogens with one attached hydrogen (secondary N) is 2. The number of hydrogen-bond acceptors (Lipinski definition) is 12. The van der Waals surface area contributed by atoms with Gasteiger partial charge in [-0.3, -0.25) is 20.2 Å². The topological polar surface area (TPSA) is 200 Å². The van der Waals surface area contributed by atoms with E-state index in [1.807, 2.05) is 120 Å². The van der Waals surface area contributed by atoms with Crippen LogP contribution in [-0.4, -0.2) is 97.1 Å². The molecule has 9 rings (SSSR count). The van der Waals surface area contributed by atoms with Gasteiger partial charge in [0.25, 0.3) is 0 Å². The molecule has 78 heavy (non-hydrogen) atoms. The Hall–Kier alpha value is -7.28. The number of anilines is 2. The van der Waals surface area contributed by atoms with Crippen LogP contribution in [0.15, 0.2) is 112 Å². The van der Waals surface area contributed by atoms with E-state index in [-0.39, 0.29) is 29.8 Å². The third-order valence-electron chi connectivity index (χ3n) is 13.4. The van der Waals surface area contributed by atoms with Gasteiger partial charge < -0.3 is 29.0 Å². The van der Waals surface area contributed by atoms with Gasteiger partial charge in [-0.1, -0.05) is 52.3 Å². The number of phenolic OH excluding ortho intramolecular Hbond substituents is 2. The number of hydrogen-bond donors (Lipinski definition) is 4. The van der Waals surface area contributed by atoms with Crippen LogP contribution in [0.2, 0.25) is 0 Å². The van der Waals surface area contributed by atoms with Crippen molar-refractivity contribution in [1.29, 1.82) is 0 Å². The number of aromatic hydroxyl groups is 2. The minimum atomic E-state index is -0.662. The van der Waals surface area contributed by atoms with E-state index < -0.39 is 23.4 Å². The summed E-state index contributed by atoms with van der Waals surface area (Å²) in [6.07, 6.45) is 2.80. The monoisotopic (exact) mass is 1120 g/mol. The van der Waals surface area contributed by atoms with Crippen molar-refractivity contribution in [2.24, 2.45) is 9.98 Å². The van der Waals surface area contributed by atoms with E-state index in [4.69, 9.17) is 18.8 Å². The molecule has 0 spiro atoms. The van der Waals surface area contributed by atoms with Crippen LogP contribution in [0.5, 0.6) is 11.5 Å². The molecule has 6 aromatic rings. The molecule has 410 valence electrons. The van der Waals surface area contributed by atoms with Crippen molar-refractivity contribution in [3.05, 3.63) is 147 Å². The molecule has 0 atom stereocenters. The number of amides is 2. The predicted octanol–water partition coefficient (Wildman–Crippen LogP) is 13.0. The number of amidine groups is 2. The highest BCUT2D eigenvalue weighted by molar-refractivity contribution is 9.10. The standard InChI is InChI=1S/C27H30N4O3.C22H23BrN2O3.C11H19BN2O2/c1-16-13-22(32)11-12-23(16)31(26(33)34-27(4,5)6)24-14-21(15-28-24)19-7-9-20(10-8-19)25-17(2)29-30-18(25)3;1-14-11-18(26)9-10-19(14)25(21(27)28-22(2,3)4)20-12-16(13-24-20)15-5-7-17(23)8-6-15;1-7-9(8(2)14-13-7)12-15-10(3,4)11(5,6)16-12/h7-14,32H,15H2,1-6H3,(H,29,30);5-12,26H,13H2,1-4H3;1-6H3,(H,13,14). The van der Waals surface area contributed by atoms with Crippen molar-refractivity contribution in [2.75, 3.05) is 22.9 Å². The molecule has 0 aliphatic carbocycles. The number of aliphatic imine (C=N–C) groups is 2. The highest BCUT2D eigenvalue weighted by Gasteiger charge is 2.53. The SMILES string of the molecule is Cc1cc(O)ccc1N(C(=O)OC(C)(C)C)C1=NCC(c2ccc(-c3c(C)n[nH]c3C)cc2)=C1.Cc1cc(O)ccc1N(C(=O)OC(C)(C)C)C1=NCC(c2ccc(Br)cc2)=C1.Cc1n[nH]c(C)c1B1OC(C)(C)C(C)(C)O1. The Bertz CT molecular complexity index is 3270. The van der Waals surface area contributed by atoms with Gasteiger partial charge in [-0.25, -0.2) is 19.4 Å². The van der Waals surface area contributed by atoms with Gasteiger partial charge in [0.15, 0.2) is 0 Å². The lowest BCUT2D eigenvalue weighted by Gasteiger charge is -2.32. The number of phenols is 2. The molecule has 0 unspecified atom stereocenters. The Labute approximate surface area is 467 Å². The number of H-pyrrole nitrogens is 2. The number of aromatic nitrogens is 4. The summed E-state index contributed by atoms with van der Waals surface area (Å²) in [7, 11) is -0.316. The molecule has 5 heterocycles. The number of aromatic amines is 2. The van der Waals surface area contributed by atoms with Crippen LogP contribution in [0.25, 0.3) is 22.3 Å². The Kier molecular flexibility index (Phi) is 17.2. The van der Waals surface area contributed by atoms with Crippen molar-refractivity contribution in [1.82, 2.24) is 20.4 Å². The summed E-state index contributed by atoms with van der Waals surface area (Å²) in [5.41, 5.74) is 12.1. The molecule has 16 nitrogen and oxygen atoms in total. The second-order valence-electron chi connectivity index (χ2n) is 22.6. The maximum Gasteiger partial charge on any atom is 0.498 e. The lowest BCUT2D eigenvalue weighted by atomic mass is 9.77. The van der Waals surface area contributed by atoms with Gasteiger partial charge >= 0.3 is 19.3 Å². The van der Waals surface area contributed by atoms with Crippen LogP contribution in [0.4, 0.5) is 21.0 Å². The molecule has 0 radical (unpaired) electrons. The van der Waals surface area contributed by atoms with Gasteiger partial charge in [-0.15, -0.1) is 0 Å². The van der Waals surface area contributed by atoms with E-state index in [0.29, 0.717) is 36.1 Å². The molecule has 18 heteroatoms. The minimum absolute atomic E-state index is 0.137. The number of carbonyl (C=O) groups is 2. The zero-order chi connectivity index (χ0) is 57.2. The molecule has 2 amide bonds. The summed E-state index contributed by atoms with van der Waals surface area (Å²) in [5, 5.41) is 34.0. The van der Waals surface area contributed by atoms with Crippen molar-refractivity contribution in [2.45, 2.75) is 133 Å². The highest BCUT2D eigenvalue weighted by atomic mass is 79.9. The van der Waals surface area contributed by atoms with Crippen LogP contribution in [0.1, 0.15) is 114 Å². The summed E-state index contributed by atoms with van der Waals surface area (Å²) in [5.74, 6) is 1.30. The zero-order valence-corrected chi connectivity index (χ0v) is 49.2. The fourth-order valence-electron chi connectivity index (χ4n) is 8.83. The lowest BCUT2D eigenvalue weighted by molar-refractivity contribution is 0.00578. The Morgan fingerprint density at radius 3 is 1.37 bits per heavy atom.